The first-order valence-corrected chi connectivity index (χ1v) is 8.99. The molecule has 0 unspecified atom stereocenters. The van der Waals surface area contributed by atoms with Crippen LogP contribution in [0.2, 0.25) is 0 Å². The first-order chi connectivity index (χ1) is 8.10. The molecule has 0 aliphatic heterocycles. The van der Waals surface area contributed by atoms with Gasteiger partial charge < -0.3 is 29.4 Å². The van der Waals surface area contributed by atoms with Crippen LogP contribution in [0.1, 0.15) is 0 Å². The van der Waals surface area contributed by atoms with Crippen molar-refractivity contribution in [1.29, 1.82) is 0 Å². The van der Waals surface area contributed by atoms with Gasteiger partial charge in [-0.3, -0.25) is 18.6 Å². The third kappa shape index (κ3) is 4.81. The Morgan fingerprint density at radius 1 is 0.632 bits per heavy atom. The molecule has 0 fully saturated rings. The van der Waals surface area contributed by atoms with Crippen molar-refractivity contribution >= 4 is 22.8 Å². The fourth-order valence-electron chi connectivity index (χ4n) is 0.838. The standard InChI is InChI=1S/C6H12NO9P3/c1-4(17(8,9)10)7(5(2)18(11,12)13)6(3)19(14,15)16/h1-3H2,(H2,8,9,10)(H2,11,12,13)(H2,14,15,16). The van der Waals surface area contributed by atoms with E-state index in [1.165, 1.54) is 0 Å². The average Bonchev–Trinajstić information content (AvgIpc) is 2.13. The largest absolute Gasteiger partial charge is 0.372 e. The summed E-state index contributed by atoms with van der Waals surface area (Å²) in [7, 11) is -15.4. The Hall–Kier alpha value is -0.530. The van der Waals surface area contributed by atoms with Gasteiger partial charge in [0.25, 0.3) is 0 Å². The Morgan fingerprint density at radius 3 is 0.895 bits per heavy atom. The first-order valence-electron chi connectivity index (χ1n) is 4.15. The van der Waals surface area contributed by atoms with Gasteiger partial charge in [-0.25, -0.2) is 0 Å². The molecule has 0 aliphatic carbocycles. The molecule has 19 heavy (non-hydrogen) atoms. The normalized spacial score (nSPS) is 12.9. The Kier molecular flexibility index (Phi) is 5.30. The monoisotopic (exact) mass is 335 g/mol. The van der Waals surface area contributed by atoms with E-state index in [4.69, 9.17) is 29.4 Å². The summed E-state index contributed by atoms with van der Waals surface area (Å²) in [6, 6.07) is 0. The molecule has 0 saturated heterocycles. The van der Waals surface area contributed by atoms with Gasteiger partial charge in [0, 0.05) is 0 Å². The summed E-state index contributed by atoms with van der Waals surface area (Å²) in [5.41, 5.74) is -3.81. The molecule has 110 valence electrons. The van der Waals surface area contributed by atoms with E-state index >= 15 is 0 Å². The van der Waals surface area contributed by atoms with Crippen molar-refractivity contribution < 1.29 is 43.1 Å². The van der Waals surface area contributed by atoms with E-state index in [-0.39, 0.29) is 4.90 Å². The third-order valence-electron chi connectivity index (χ3n) is 1.78. The topological polar surface area (TPSA) is 176 Å². The highest BCUT2D eigenvalue weighted by molar-refractivity contribution is 7.59. The smallest absolute Gasteiger partial charge is 0.320 e. The predicted molar refractivity (Wildman–Crippen MR) is 65.4 cm³/mol. The van der Waals surface area contributed by atoms with Gasteiger partial charge in [0.2, 0.25) is 0 Å². The second kappa shape index (κ2) is 5.46. The first kappa shape index (κ1) is 18.5. The summed E-state index contributed by atoms with van der Waals surface area (Å²) in [6.07, 6.45) is 0. The molecule has 0 radical (unpaired) electrons. The zero-order valence-corrected chi connectivity index (χ0v) is 12.0. The number of nitrogens with zero attached hydrogens (tertiary/aromatic N) is 1. The third-order valence-corrected chi connectivity index (χ3v) is 4.40. The zero-order valence-electron chi connectivity index (χ0n) is 9.32. The van der Waals surface area contributed by atoms with Crippen LogP contribution in [0.5, 0.6) is 0 Å². The minimum Gasteiger partial charge on any atom is -0.320 e. The van der Waals surface area contributed by atoms with Gasteiger partial charge in [0.15, 0.2) is 0 Å². The van der Waals surface area contributed by atoms with Crippen LogP contribution in [0.4, 0.5) is 0 Å². The number of rotatable bonds is 6. The molecule has 0 aromatic heterocycles. The number of hydrogen-bond acceptors (Lipinski definition) is 4. The minimum atomic E-state index is -5.14. The molecule has 0 bridgehead atoms. The quantitative estimate of drug-likeness (QED) is 0.368. The van der Waals surface area contributed by atoms with Crippen LogP contribution in [-0.2, 0) is 13.7 Å². The van der Waals surface area contributed by atoms with Crippen LogP contribution >= 0.6 is 22.8 Å². The van der Waals surface area contributed by atoms with Crippen molar-refractivity contribution in [2.75, 3.05) is 0 Å². The Morgan fingerprint density at radius 2 is 0.789 bits per heavy atom. The minimum absolute atomic E-state index is 0.123. The van der Waals surface area contributed by atoms with Crippen LogP contribution in [0, 0.1) is 0 Å². The lowest BCUT2D eigenvalue weighted by atomic mass is 10.7. The van der Waals surface area contributed by atoms with Gasteiger partial charge in [0.1, 0.15) is 16.3 Å². The van der Waals surface area contributed by atoms with E-state index in [1.807, 2.05) is 0 Å². The van der Waals surface area contributed by atoms with Gasteiger partial charge in [-0.05, 0) is 0 Å². The fourth-order valence-corrected chi connectivity index (χ4v) is 2.58. The molecule has 0 saturated carbocycles. The van der Waals surface area contributed by atoms with Crippen molar-refractivity contribution in [1.82, 2.24) is 4.90 Å². The molecule has 0 rings (SSSR count). The maximum Gasteiger partial charge on any atom is 0.372 e. The molecule has 0 heterocycles. The fraction of sp³-hybridized carbons (Fsp3) is 0. The van der Waals surface area contributed by atoms with Gasteiger partial charge in [0.05, 0.1) is 0 Å². The summed E-state index contributed by atoms with van der Waals surface area (Å²) in [4.78, 5) is 53.1. The van der Waals surface area contributed by atoms with E-state index in [9.17, 15) is 13.7 Å². The molecular weight excluding hydrogens is 323 g/mol. The van der Waals surface area contributed by atoms with Crippen molar-refractivity contribution in [3.8, 4) is 0 Å². The average molecular weight is 335 g/mol. The molecule has 0 aliphatic rings. The molecule has 13 heteroatoms. The highest BCUT2D eigenvalue weighted by atomic mass is 31.2. The Labute approximate surface area is 107 Å². The van der Waals surface area contributed by atoms with Crippen LogP contribution in [0.3, 0.4) is 0 Å². The highest BCUT2D eigenvalue weighted by Crippen LogP contribution is 2.59. The van der Waals surface area contributed by atoms with Crippen LogP contribution in [-0.4, -0.2) is 34.3 Å². The SMILES string of the molecule is C=C(N(C(=C)P(=O)(O)O)C(=C)P(=O)(O)O)P(=O)(O)O. The number of hydrogen-bond donors (Lipinski definition) is 6. The van der Waals surface area contributed by atoms with Crippen molar-refractivity contribution in [3.05, 3.63) is 36.1 Å². The Bertz CT molecular complexity index is 482. The molecule has 0 aromatic carbocycles. The van der Waals surface area contributed by atoms with E-state index in [0.29, 0.717) is 0 Å². The molecular formula is C6H12NO9P3. The summed E-state index contributed by atoms with van der Waals surface area (Å²) < 4.78 is 33.0. The van der Waals surface area contributed by atoms with Crippen molar-refractivity contribution in [2.24, 2.45) is 0 Å². The van der Waals surface area contributed by atoms with Crippen LogP contribution in [0.25, 0.3) is 0 Å². The predicted octanol–water partition coefficient (Wildman–Crippen LogP) is 0.235. The molecule has 6 N–H and O–H groups in total. The lowest BCUT2D eigenvalue weighted by molar-refractivity contribution is 0.346. The maximum absolute atomic E-state index is 11.0. The van der Waals surface area contributed by atoms with Gasteiger partial charge in [-0.1, -0.05) is 19.7 Å². The lowest BCUT2D eigenvalue weighted by Gasteiger charge is -2.30. The second-order valence-electron chi connectivity index (χ2n) is 3.22. The van der Waals surface area contributed by atoms with Crippen molar-refractivity contribution in [2.45, 2.75) is 0 Å². The maximum atomic E-state index is 11.0. The van der Waals surface area contributed by atoms with Gasteiger partial charge in [-0.15, -0.1) is 0 Å². The van der Waals surface area contributed by atoms with Crippen LogP contribution in [0.15, 0.2) is 36.1 Å². The van der Waals surface area contributed by atoms with Crippen LogP contribution < -0.4 is 0 Å². The molecule has 0 amide bonds. The summed E-state index contributed by atoms with van der Waals surface area (Å²) in [5.74, 6) is 0. The molecule has 10 nitrogen and oxygen atoms in total. The van der Waals surface area contributed by atoms with Crippen molar-refractivity contribution in [3.63, 3.8) is 0 Å². The molecule has 0 atom stereocenters. The Balaban J connectivity index is 5.95. The van der Waals surface area contributed by atoms with E-state index in [1.54, 1.807) is 0 Å². The van der Waals surface area contributed by atoms with E-state index in [2.05, 4.69) is 19.7 Å². The summed E-state index contributed by atoms with van der Waals surface area (Å²) in [5, 5.41) is 0. The lowest BCUT2D eigenvalue weighted by Crippen LogP contribution is -2.20. The molecule has 0 aromatic rings. The molecule has 0 spiro atoms. The summed E-state index contributed by atoms with van der Waals surface area (Å²) >= 11 is 0. The summed E-state index contributed by atoms with van der Waals surface area (Å²) in [6.45, 7) is 8.55. The highest BCUT2D eigenvalue weighted by Gasteiger charge is 2.39. The van der Waals surface area contributed by atoms with Gasteiger partial charge in [-0.2, -0.15) is 0 Å². The van der Waals surface area contributed by atoms with Gasteiger partial charge >= 0.3 is 22.8 Å². The zero-order chi connectivity index (χ0) is 15.8. The second-order valence-corrected chi connectivity index (χ2v) is 8.03. The van der Waals surface area contributed by atoms with E-state index < -0.39 is 39.1 Å². The van der Waals surface area contributed by atoms with E-state index in [0.717, 1.165) is 0 Å².